The van der Waals surface area contributed by atoms with Crippen LogP contribution in [0.3, 0.4) is 0 Å². The Morgan fingerprint density at radius 2 is 1.85 bits per heavy atom. The number of ether oxygens (including phenoxy) is 2. The van der Waals surface area contributed by atoms with Gasteiger partial charge in [-0.3, -0.25) is 4.99 Å². The molecular formula is C24H35F3N2O3Si. The van der Waals surface area contributed by atoms with E-state index in [0.29, 0.717) is 29.4 Å². The van der Waals surface area contributed by atoms with Gasteiger partial charge in [0.15, 0.2) is 26.0 Å². The highest BCUT2D eigenvalue weighted by Crippen LogP contribution is 2.39. The number of hydrogen-bond donors (Lipinski definition) is 0. The van der Waals surface area contributed by atoms with Crippen LogP contribution in [0, 0.1) is 0 Å². The van der Waals surface area contributed by atoms with Crippen molar-refractivity contribution < 1.29 is 27.1 Å². The summed E-state index contributed by atoms with van der Waals surface area (Å²) in [4.78, 5) is 5.64. The molecule has 0 radical (unpaired) electrons. The maximum atomic E-state index is 13.5. The maximum absolute atomic E-state index is 13.5. The molecule has 2 rings (SSSR count). The van der Waals surface area contributed by atoms with E-state index >= 15 is 0 Å². The monoisotopic (exact) mass is 484 g/mol. The molecule has 0 saturated heterocycles. The molecule has 0 bridgehead atoms. The van der Waals surface area contributed by atoms with Gasteiger partial charge >= 0.3 is 6.18 Å². The van der Waals surface area contributed by atoms with Gasteiger partial charge in [-0.05, 0) is 42.8 Å². The van der Waals surface area contributed by atoms with Crippen molar-refractivity contribution in [2.75, 3.05) is 20.3 Å². The third kappa shape index (κ3) is 6.63. The normalized spacial score (nSPS) is 17.1. The molecule has 1 aromatic rings. The molecular weight excluding hydrogens is 449 g/mol. The first kappa shape index (κ1) is 27.0. The Balaban J connectivity index is 2.40. The second kappa shape index (κ2) is 10.3. The number of nitrogens with zero attached hydrogens (tertiary/aromatic N) is 2. The first-order chi connectivity index (χ1) is 15.2. The lowest BCUT2D eigenvalue weighted by Gasteiger charge is -2.38. The molecule has 0 spiro atoms. The van der Waals surface area contributed by atoms with E-state index in [1.165, 1.54) is 13.3 Å². The number of aliphatic imine (C=N–C) groups is 1. The maximum Gasteiger partial charge on any atom is 0.433 e. The quantitative estimate of drug-likeness (QED) is 0.360. The fraction of sp³-hybridized carbons (Fsp3) is 0.542. The van der Waals surface area contributed by atoms with Crippen molar-refractivity contribution in [3.8, 4) is 11.5 Å². The average molecular weight is 485 g/mol. The molecule has 1 heterocycles. The number of methoxy groups -OCH3 is 1. The Labute approximate surface area is 196 Å². The van der Waals surface area contributed by atoms with Crippen LogP contribution in [0.15, 0.2) is 47.7 Å². The zero-order valence-corrected chi connectivity index (χ0v) is 21.5. The summed E-state index contributed by atoms with van der Waals surface area (Å²) in [5.41, 5.74) is 0.105. The molecule has 1 atom stereocenters. The molecule has 9 heteroatoms. The van der Waals surface area contributed by atoms with Crippen LogP contribution in [0.1, 0.15) is 45.8 Å². The van der Waals surface area contributed by atoms with Crippen LogP contribution in [0.25, 0.3) is 0 Å². The van der Waals surface area contributed by atoms with E-state index in [1.54, 1.807) is 23.1 Å². The highest BCUT2D eigenvalue weighted by Gasteiger charge is 2.39. The molecule has 0 fully saturated rings. The van der Waals surface area contributed by atoms with Crippen LogP contribution < -0.4 is 9.47 Å². The number of alkyl halides is 3. The van der Waals surface area contributed by atoms with Gasteiger partial charge in [0.1, 0.15) is 5.71 Å². The minimum atomic E-state index is -4.56. The first-order valence-corrected chi connectivity index (χ1v) is 13.9. The van der Waals surface area contributed by atoms with E-state index in [0.717, 1.165) is 12.5 Å². The largest absolute Gasteiger partial charge is 0.493 e. The lowest BCUT2D eigenvalue weighted by Crippen LogP contribution is -2.42. The van der Waals surface area contributed by atoms with Gasteiger partial charge in [-0.25, -0.2) is 0 Å². The molecule has 0 aromatic heterocycles. The smallest absolute Gasteiger partial charge is 0.433 e. The van der Waals surface area contributed by atoms with E-state index in [1.807, 2.05) is 6.92 Å². The van der Waals surface area contributed by atoms with Crippen molar-refractivity contribution in [2.45, 2.75) is 64.6 Å². The van der Waals surface area contributed by atoms with E-state index in [9.17, 15) is 13.2 Å². The van der Waals surface area contributed by atoms with Gasteiger partial charge in [-0.1, -0.05) is 40.3 Å². The first-order valence-electron chi connectivity index (χ1n) is 10.9. The lowest BCUT2D eigenvalue weighted by atomic mass is 10.1. The fourth-order valence-electron chi connectivity index (χ4n) is 2.88. The Hall–Kier alpha value is -2.26. The third-order valence-corrected chi connectivity index (χ3v) is 10.4. The summed E-state index contributed by atoms with van der Waals surface area (Å²) < 4.78 is 57.8. The van der Waals surface area contributed by atoms with Crippen molar-refractivity contribution in [3.05, 3.63) is 48.3 Å². The van der Waals surface area contributed by atoms with Crippen molar-refractivity contribution in [1.29, 1.82) is 0 Å². The SMILES string of the molecule is C=C(CO[Si](C)(C)C(C)(C)C)N1C=CC(C(F)(F)F)=NC1c1ccc(OC)c(OCCC)c1. The van der Waals surface area contributed by atoms with Crippen molar-refractivity contribution in [2.24, 2.45) is 4.99 Å². The zero-order chi connectivity index (χ0) is 25.0. The predicted octanol–water partition coefficient (Wildman–Crippen LogP) is 6.85. The summed E-state index contributed by atoms with van der Waals surface area (Å²) >= 11 is 0. The van der Waals surface area contributed by atoms with E-state index in [2.05, 4.69) is 45.4 Å². The van der Waals surface area contributed by atoms with Crippen LogP contribution in [0.4, 0.5) is 13.2 Å². The Kier molecular flexibility index (Phi) is 8.45. The molecule has 0 amide bonds. The van der Waals surface area contributed by atoms with Gasteiger partial charge in [0, 0.05) is 17.5 Å². The molecule has 1 aliphatic rings. The van der Waals surface area contributed by atoms with Gasteiger partial charge in [0.05, 0.1) is 20.3 Å². The number of hydrogen-bond acceptors (Lipinski definition) is 5. The van der Waals surface area contributed by atoms with E-state index < -0.39 is 26.4 Å². The van der Waals surface area contributed by atoms with Gasteiger partial charge in [0.25, 0.3) is 0 Å². The second-order valence-electron chi connectivity index (χ2n) is 9.48. The van der Waals surface area contributed by atoms with Crippen molar-refractivity contribution >= 4 is 14.0 Å². The lowest BCUT2D eigenvalue weighted by molar-refractivity contribution is -0.0587. The summed E-state index contributed by atoms with van der Waals surface area (Å²) in [7, 11) is -0.559. The van der Waals surface area contributed by atoms with Crippen molar-refractivity contribution in [1.82, 2.24) is 4.90 Å². The molecule has 184 valence electrons. The Bertz CT molecular complexity index is 905. The summed E-state index contributed by atoms with van der Waals surface area (Å²) in [6.07, 6.45) is -2.41. The number of halogens is 3. The third-order valence-electron chi connectivity index (χ3n) is 5.93. The summed E-state index contributed by atoms with van der Waals surface area (Å²) in [6, 6.07) is 5.03. The minimum absolute atomic E-state index is 0.00642. The van der Waals surface area contributed by atoms with Crippen LogP contribution in [-0.2, 0) is 4.43 Å². The van der Waals surface area contributed by atoms with Gasteiger partial charge in [-0.15, -0.1) is 0 Å². The Morgan fingerprint density at radius 3 is 2.39 bits per heavy atom. The van der Waals surface area contributed by atoms with Gasteiger partial charge in [0.2, 0.25) is 0 Å². The topological polar surface area (TPSA) is 43.3 Å². The minimum Gasteiger partial charge on any atom is -0.493 e. The molecule has 5 nitrogen and oxygen atoms in total. The number of allylic oxidation sites excluding steroid dienone is 1. The van der Waals surface area contributed by atoms with Gasteiger partial charge in [-0.2, -0.15) is 13.2 Å². The second-order valence-corrected chi connectivity index (χ2v) is 14.3. The molecule has 1 unspecified atom stereocenters. The van der Waals surface area contributed by atoms with Gasteiger partial charge < -0.3 is 18.8 Å². The molecule has 33 heavy (non-hydrogen) atoms. The molecule has 0 saturated carbocycles. The predicted molar refractivity (Wildman–Crippen MR) is 128 cm³/mol. The molecule has 0 aliphatic carbocycles. The standard InChI is InChI=1S/C24H35F3N2O3Si/c1-9-14-31-20-15-18(10-11-19(20)30-6)22-28-21(24(25,26)27)12-13-29(22)17(2)16-32-33(7,8)23(3,4)5/h10-13,15,22H,2,9,14,16H2,1,3-8H3. The van der Waals surface area contributed by atoms with E-state index in [-0.39, 0.29) is 11.6 Å². The van der Waals surface area contributed by atoms with Crippen LogP contribution in [-0.4, -0.2) is 45.4 Å². The highest BCUT2D eigenvalue weighted by molar-refractivity contribution is 6.74. The average Bonchev–Trinajstić information content (AvgIpc) is 2.74. The highest BCUT2D eigenvalue weighted by atomic mass is 28.4. The number of rotatable bonds is 9. The number of benzene rings is 1. The fourth-order valence-corrected chi connectivity index (χ4v) is 3.84. The van der Waals surface area contributed by atoms with E-state index in [4.69, 9.17) is 13.9 Å². The summed E-state index contributed by atoms with van der Waals surface area (Å²) in [5, 5.41) is -0.00642. The summed E-state index contributed by atoms with van der Waals surface area (Å²) in [5.74, 6) is 0.962. The zero-order valence-electron chi connectivity index (χ0n) is 20.5. The Morgan fingerprint density at radius 1 is 1.18 bits per heavy atom. The molecule has 1 aliphatic heterocycles. The van der Waals surface area contributed by atoms with Crippen LogP contribution in [0.2, 0.25) is 18.1 Å². The van der Waals surface area contributed by atoms with Crippen LogP contribution in [0.5, 0.6) is 11.5 Å². The van der Waals surface area contributed by atoms with Crippen LogP contribution >= 0.6 is 0 Å². The molecule has 0 N–H and O–H groups in total. The molecule has 1 aromatic carbocycles. The van der Waals surface area contributed by atoms with Crippen molar-refractivity contribution in [3.63, 3.8) is 0 Å². The summed E-state index contributed by atoms with van der Waals surface area (Å²) in [6.45, 7) is 17.3.